The van der Waals surface area contributed by atoms with E-state index in [4.69, 9.17) is 10.9 Å². The second-order valence-electron chi connectivity index (χ2n) is 5.20. The molecule has 0 aromatic carbocycles. The molecule has 1 saturated carbocycles. The van der Waals surface area contributed by atoms with Crippen molar-refractivity contribution >= 4 is 17.6 Å². The summed E-state index contributed by atoms with van der Waals surface area (Å²) >= 11 is 2.05. The Labute approximate surface area is 101 Å². The minimum Gasteiger partial charge on any atom is -0.409 e. The average molecular weight is 243 g/mol. The summed E-state index contributed by atoms with van der Waals surface area (Å²) < 4.78 is 0. The van der Waals surface area contributed by atoms with Crippen molar-refractivity contribution in [1.82, 2.24) is 4.90 Å². The molecule has 4 nitrogen and oxygen atoms in total. The predicted molar refractivity (Wildman–Crippen MR) is 68.1 cm³/mol. The van der Waals surface area contributed by atoms with E-state index in [-0.39, 0.29) is 0 Å². The number of thioether (sulfide) groups is 1. The van der Waals surface area contributed by atoms with Crippen molar-refractivity contribution in [3.63, 3.8) is 0 Å². The number of hydrogen-bond acceptors (Lipinski definition) is 4. The highest BCUT2D eigenvalue weighted by molar-refractivity contribution is 7.99. The van der Waals surface area contributed by atoms with Crippen LogP contribution in [0.1, 0.15) is 25.7 Å². The molecule has 0 amide bonds. The molecule has 0 aromatic rings. The van der Waals surface area contributed by atoms with E-state index in [1.807, 2.05) is 11.8 Å². The van der Waals surface area contributed by atoms with Crippen molar-refractivity contribution in [2.45, 2.75) is 31.7 Å². The zero-order valence-electron chi connectivity index (χ0n) is 9.85. The van der Waals surface area contributed by atoms with Gasteiger partial charge in [-0.3, -0.25) is 0 Å². The summed E-state index contributed by atoms with van der Waals surface area (Å²) in [6.45, 7) is 1.09. The lowest BCUT2D eigenvalue weighted by Crippen LogP contribution is -2.37. The van der Waals surface area contributed by atoms with Crippen LogP contribution in [0, 0.1) is 5.41 Å². The Morgan fingerprint density at radius 2 is 2.38 bits per heavy atom. The van der Waals surface area contributed by atoms with Crippen LogP contribution in [0.3, 0.4) is 0 Å². The van der Waals surface area contributed by atoms with Crippen LogP contribution in [0.25, 0.3) is 0 Å². The lowest BCUT2D eigenvalue weighted by Gasteiger charge is -2.28. The molecule has 0 bridgehead atoms. The van der Waals surface area contributed by atoms with Gasteiger partial charge in [0.2, 0.25) is 0 Å². The van der Waals surface area contributed by atoms with E-state index >= 15 is 0 Å². The summed E-state index contributed by atoms with van der Waals surface area (Å²) in [4.78, 5) is 2.47. The first-order valence-corrected chi connectivity index (χ1v) is 7.05. The molecule has 3 N–H and O–H groups in total. The van der Waals surface area contributed by atoms with Crippen molar-refractivity contribution in [2.75, 3.05) is 25.1 Å². The number of nitrogens with zero attached hydrogens (tertiary/aromatic N) is 2. The maximum Gasteiger partial charge on any atom is 0.139 e. The van der Waals surface area contributed by atoms with Crippen LogP contribution in [0.2, 0.25) is 0 Å². The van der Waals surface area contributed by atoms with Gasteiger partial charge in [-0.2, -0.15) is 11.8 Å². The van der Waals surface area contributed by atoms with Gasteiger partial charge in [0.15, 0.2) is 0 Å². The molecule has 2 fully saturated rings. The Hall–Kier alpha value is -0.420. The lowest BCUT2D eigenvalue weighted by molar-refractivity contribution is 0.212. The number of rotatable bonds is 5. The van der Waals surface area contributed by atoms with Gasteiger partial charge in [0.1, 0.15) is 5.84 Å². The van der Waals surface area contributed by atoms with E-state index in [9.17, 15) is 0 Å². The van der Waals surface area contributed by atoms with Gasteiger partial charge in [-0.15, -0.1) is 0 Å². The predicted octanol–water partition coefficient (Wildman–Crippen LogP) is 1.34. The third kappa shape index (κ3) is 2.83. The molecule has 5 heteroatoms. The molecule has 16 heavy (non-hydrogen) atoms. The molecule has 2 rings (SSSR count). The SMILES string of the molecule is CN(CC1(CC(N)=NO)CC1)C1CCSC1. The standard InChI is InChI=1S/C11H21N3OS/c1-14(9-2-5-16-7-9)8-11(3-4-11)6-10(12)13-15/h9,15H,2-8H2,1H3,(H2,12,13). The van der Waals surface area contributed by atoms with Crippen LogP contribution in [0.5, 0.6) is 0 Å². The normalized spacial score (nSPS) is 28.6. The van der Waals surface area contributed by atoms with E-state index < -0.39 is 0 Å². The Bertz CT molecular complexity index is 272. The third-order valence-corrected chi connectivity index (χ3v) is 4.90. The molecule has 1 aliphatic carbocycles. The van der Waals surface area contributed by atoms with Crippen molar-refractivity contribution in [3.8, 4) is 0 Å². The van der Waals surface area contributed by atoms with E-state index in [1.165, 1.54) is 30.8 Å². The Balaban J connectivity index is 1.83. The van der Waals surface area contributed by atoms with Crippen molar-refractivity contribution in [2.24, 2.45) is 16.3 Å². The lowest BCUT2D eigenvalue weighted by atomic mass is 10.0. The molecule has 0 aromatic heterocycles. The van der Waals surface area contributed by atoms with Crippen LogP contribution in [-0.2, 0) is 0 Å². The molecule has 1 atom stereocenters. The van der Waals surface area contributed by atoms with Crippen LogP contribution >= 0.6 is 11.8 Å². The molecule has 0 spiro atoms. The summed E-state index contributed by atoms with van der Waals surface area (Å²) in [5, 5.41) is 11.7. The number of nitrogens with two attached hydrogens (primary N) is 1. The zero-order chi connectivity index (χ0) is 11.6. The monoisotopic (exact) mass is 243 g/mol. The highest BCUT2D eigenvalue weighted by atomic mass is 32.2. The van der Waals surface area contributed by atoms with Crippen molar-refractivity contribution in [1.29, 1.82) is 0 Å². The molecule has 2 aliphatic rings. The first-order valence-electron chi connectivity index (χ1n) is 5.90. The fourth-order valence-electron chi connectivity index (χ4n) is 2.51. The molecule has 92 valence electrons. The maximum absolute atomic E-state index is 8.62. The van der Waals surface area contributed by atoms with Gasteiger partial charge < -0.3 is 15.8 Å². The summed E-state index contributed by atoms with van der Waals surface area (Å²) in [5.74, 6) is 2.94. The van der Waals surface area contributed by atoms with Gasteiger partial charge in [-0.05, 0) is 37.5 Å². The summed E-state index contributed by atoms with van der Waals surface area (Å²) in [6.07, 6.45) is 4.48. The Morgan fingerprint density at radius 1 is 1.62 bits per heavy atom. The quantitative estimate of drug-likeness (QED) is 0.331. The highest BCUT2D eigenvalue weighted by Gasteiger charge is 2.44. The molecule has 1 saturated heterocycles. The van der Waals surface area contributed by atoms with Gasteiger partial charge in [0.25, 0.3) is 0 Å². The molecular formula is C11H21N3OS. The topological polar surface area (TPSA) is 61.8 Å². The molecule has 0 radical (unpaired) electrons. The van der Waals surface area contributed by atoms with Crippen molar-refractivity contribution in [3.05, 3.63) is 0 Å². The number of hydrogen-bond donors (Lipinski definition) is 2. The summed E-state index contributed by atoms with van der Waals surface area (Å²) in [6, 6.07) is 0.731. The minimum atomic E-state index is 0.304. The molecule has 1 heterocycles. The average Bonchev–Trinajstić information content (AvgIpc) is 2.83. The first-order chi connectivity index (χ1) is 7.65. The molecule has 1 unspecified atom stereocenters. The van der Waals surface area contributed by atoms with E-state index in [1.54, 1.807) is 0 Å². The number of oxime groups is 1. The smallest absolute Gasteiger partial charge is 0.139 e. The largest absolute Gasteiger partial charge is 0.409 e. The fourth-order valence-corrected chi connectivity index (χ4v) is 3.81. The van der Waals surface area contributed by atoms with Crippen LogP contribution in [0.15, 0.2) is 5.16 Å². The minimum absolute atomic E-state index is 0.304. The van der Waals surface area contributed by atoms with Gasteiger partial charge in [-0.25, -0.2) is 0 Å². The molecular weight excluding hydrogens is 222 g/mol. The first kappa shape index (κ1) is 12.0. The maximum atomic E-state index is 8.62. The van der Waals surface area contributed by atoms with Gasteiger partial charge >= 0.3 is 0 Å². The Kier molecular flexibility index (Phi) is 3.64. The summed E-state index contributed by atoms with van der Waals surface area (Å²) in [7, 11) is 2.21. The van der Waals surface area contributed by atoms with E-state index in [2.05, 4.69) is 17.1 Å². The Morgan fingerprint density at radius 3 is 2.88 bits per heavy atom. The highest BCUT2D eigenvalue weighted by Crippen LogP contribution is 2.49. The second-order valence-corrected chi connectivity index (χ2v) is 6.35. The zero-order valence-corrected chi connectivity index (χ0v) is 10.7. The van der Waals surface area contributed by atoms with E-state index in [0.29, 0.717) is 11.3 Å². The van der Waals surface area contributed by atoms with Crippen LogP contribution < -0.4 is 5.73 Å². The fraction of sp³-hybridized carbons (Fsp3) is 0.909. The van der Waals surface area contributed by atoms with Gasteiger partial charge in [0.05, 0.1) is 0 Å². The third-order valence-electron chi connectivity index (χ3n) is 3.76. The summed E-state index contributed by atoms with van der Waals surface area (Å²) in [5.41, 5.74) is 5.91. The van der Waals surface area contributed by atoms with Gasteiger partial charge in [-0.1, -0.05) is 5.16 Å². The van der Waals surface area contributed by atoms with Crippen LogP contribution in [-0.4, -0.2) is 47.1 Å². The van der Waals surface area contributed by atoms with Crippen LogP contribution in [0.4, 0.5) is 0 Å². The molecule has 1 aliphatic heterocycles. The van der Waals surface area contributed by atoms with Crippen molar-refractivity contribution < 1.29 is 5.21 Å². The number of amidine groups is 1. The van der Waals surface area contributed by atoms with Gasteiger partial charge in [0, 0.05) is 24.8 Å². The second kappa shape index (κ2) is 4.84. The van der Waals surface area contributed by atoms with E-state index in [0.717, 1.165) is 19.0 Å².